The standard InChI is InChI=1S/C22H29N5O2/c1-18-17-20(24-22(23-18)27-13-15-29-16-14-27)25-9-11-26(12-10-25)21(28)8-7-19-5-3-2-4-6-19/h2-6,17H,7-16H2,1H3. The Balaban J connectivity index is 1.33. The maximum atomic E-state index is 12.6. The zero-order valence-corrected chi connectivity index (χ0v) is 17.1. The number of anilines is 2. The first-order valence-electron chi connectivity index (χ1n) is 10.4. The maximum Gasteiger partial charge on any atom is 0.227 e. The number of amides is 1. The Bertz CT molecular complexity index is 815. The number of benzene rings is 1. The second-order valence-corrected chi connectivity index (χ2v) is 7.62. The maximum absolute atomic E-state index is 12.6. The number of nitrogens with zero attached hydrogens (tertiary/aromatic N) is 5. The van der Waals surface area contributed by atoms with Crippen LogP contribution in [-0.2, 0) is 16.0 Å². The van der Waals surface area contributed by atoms with E-state index in [1.807, 2.05) is 36.1 Å². The molecule has 0 spiro atoms. The molecule has 0 bridgehead atoms. The largest absolute Gasteiger partial charge is 0.378 e. The number of morpholine rings is 1. The van der Waals surface area contributed by atoms with Crippen molar-refractivity contribution in [2.45, 2.75) is 19.8 Å². The summed E-state index contributed by atoms with van der Waals surface area (Å²) in [4.78, 5) is 28.4. The number of carbonyl (C=O) groups is 1. The fraction of sp³-hybridized carbons (Fsp3) is 0.500. The molecule has 29 heavy (non-hydrogen) atoms. The first-order chi connectivity index (χ1) is 14.2. The van der Waals surface area contributed by atoms with Crippen molar-refractivity contribution in [3.05, 3.63) is 47.7 Å². The Kier molecular flexibility index (Phi) is 6.24. The van der Waals surface area contributed by atoms with Gasteiger partial charge >= 0.3 is 0 Å². The Morgan fingerprint density at radius 3 is 2.41 bits per heavy atom. The second kappa shape index (κ2) is 9.22. The number of rotatable bonds is 5. The third-order valence-corrected chi connectivity index (χ3v) is 5.55. The number of piperazine rings is 1. The van der Waals surface area contributed by atoms with Crippen LogP contribution in [-0.4, -0.2) is 73.3 Å². The van der Waals surface area contributed by atoms with Gasteiger partial charge in [-0.25, -0.2) is 4.98 Å². The molecule has 0 unspecified atom stereocenters. The van der Waals surface area contributed by atoms with Gasteiger partial charge in [0.25, 0.3) is 0 Å². The van der Waals surface area contributed by atoms with E-state index in [1.54, 1.807) is 0 Å². The number of ether oxygens (including phenoxy) is 1. The highest BCUT2D eigenvalue weighted by atomic mass is 16.5. The second-order valence-electron chi connectivity index (χ2n) is 7.62. The van der Waals surface area contributed by atoms with Gasteiger partial charge in [0.05, 0.1) is 13.2 Å². The van der Waals surface area contributed by atoms with Crippen molar-refractivity contribution in [3.8, 4) is 0 Å². The molecule has 4 rings (SSSR count). The highest BCUT2D eigenvalue weighted by Crippen LogP contribution is 2.20. The summed E-state index contributed by atoms with van der Waals surface area (Å²) in [7, 11) is 0. The lowest BCUT2D eigenvalue weighted by molar-refractivity contribution is -0.131. The minimum absolute atomic E-state index is 0.237. The average molecular weight is 396 g/mol. The molecule has 1 amide bonds. The van der Waals surface area contributed by atoms with E-state index in [9.17, 15) is 4.79 Å². The fourth-order valence-electron chi connectivity index (χ4n) is 3.84. The Hall–Kier alpha value is -2.67. The smallest absolute Gasteiger partial charge is 0.227 e. The van der Waals surface area contributed by atoms with Crippen LogP contribution in [0, 0.1) is 6.92 Å². The molecule has 0 saturated carbocycles. The fourth-order valence-corrected chi connectivity index (χ4v) is 3.84. The molecule has 0 atom stereocenters. The monoisotopic (exact) mass is 395 g/mol. The molecule has 7 heteroatoms. The molecular formula is C22H29N5O2. The lowest BCUT2D eigenvalue weighted by Crippen LogP contribution is -2.49. The molecule has 0 aliphatic carbocycles. The van der Waals surface area contributed by atoms with E-state index >= 15 is 0 Å². The van der Waals surface area contributed by atoms with E-state index in [2.05, 4.69) is 26.9 Å². The molecule has 3 heterocycles. The van der Waals surface area contributed by atoms with Crippen LogP contribution < -0.4 is 9.80 Å². The van der Waals surface area contributed by atoms with Crippen LogP contribution in [0.4, 0.5) is 11.8 Å². The van der Waals surface area contributed by atoms with E-state index in [-0.39, 0.29) is 5.91 Å². The predicted octanol–water partition coefficient (Wildman–Crippen LogP) is 1.90. The highest BCUT2D eigenvalue weighted by Gasteiger charge is 2.23. The lowest BCUT2D eigenvalue weighted by Gasteiger charge is -2.36. The predicted molar refractivity (Wildman–Crippen MR) is 113 cm³/mol. The van der Waals surface area contributed by atoms with Crippen molar-refractivity contribution in [2.24, 2.45) is 0 Å². The summed E-state index contributed by atoms with van der Waals surface area (Å²) < 4.78 is 5.44. The van der Waals surface area contributed by atoms with Gasteiger partial charge in [0.1, 0.15) is 5.82 Å². The summed E-state index contributed by atoms with van der Waals surface area (Å²) in [6.07, 6.45) is 1.37. The van der Waals surface area contributed by atoms with Gasteiger partial charge in [-0.15, -0.1) is 0 Å². The minimum atomic E-state index is 0.237. The van der Waals surface area contributed by atoms with Crippen LogP contribution in [0.1, 0.15) is 17.7 Å². The molecule has 2 saturated heterocycles. The molecule has 2 fully saturated rings. The normalized spacial score (nSPS) is 17.5. The van der Waals surface area contributed by atoms with Crippen molar-refractivity contribution < 1.29 is 9.53 Å². The zero-order chi connectivity index (χ0) is 20.1. The molecule has 1 aromatic carbocycles. The van der Waals surface area contributed by atoms with E-state index in [0.29, 0.717) is 6.42 Å². The van der Waals surface area contributed by atoms with Gasteiger partial charge in [-0.3, -0.25) is 4.79 Å². The van der Waals surface area contributed by atoms with Crippen LogP contribution in [0.5, 0.6) is 0 Å². The van der Waals surface area contributed by atoms with Gasteiger partial charge in [-0.05, 0) is 18.9 Å². The van der Waals surface area contributed by atoms with Crippen LogP contribution in [0.25, 0.3) is 0 Å². The van der Waals surface area contributed by atoms with Crippen molar-refractivity contribution in [1.29, 1.82) is 0 Å². The number of aromatic nitrogens is 2. The van der Waals surface area contributed by atoms with Crippen LogP contribution in [0.3, 0.4) is 0 Å². The molecular weight excluding hydrogens is 366 g/mol. The first-order valence-corrected chi connectivity index (χ1v) is 10.4. The molecule has 0 N–H and O–H groups in total. The van der Waals surface area contributed by atoms with Crippen LogP contribution in [0.2, 0.25) is 0 Å². The number of hydrogen-bond donors (Lipinski definition) is 0. The SMILES string of the molecule is Cc1cc(N2CCN(C(=O)CCc3ccccc3)CC2)nc(N2CCOCC2)n1. The molecule has 1 aromatic heterocycles. The topological polar surface area (TPSA) is 61.8 Å². The first kappa shape index (κ1) is 19.6. The zero-order valence-electron chi connectivity index (χ0n) is 17.1. The van der Waals surface area contributed by atoms with E-state index in [1.165, 1.54) is 5.56 Å². The van der Waals surface area contributed by atoms with Gasteiger partial charge in [-0.2, -0.15) is 4.98 Å². The Morgan fingerprint density at radius 1 is 0.966 bits per heavy atom. The molecule has 7 nitrogen and oxygen atoms in total. The van der Waals surface area contributed by atoms with Crippen LogP contribution >= 0.6 is 0 Å². The molecule has 2 aromatic rings. The number of carbonyl (C=O) groups excluding carboxylic acids is 1. The van der Waals surface area contributed by atoms with Crippen LogP contribution in [0.15, 0.2) is 36.4 Å². The molecule has 0 radical (unpaired) electrons. The van der Waals surface area contributed by atoms with Gasteiger partial charge in [0.15, 0.2) is 0 Å². The Labute approximate surface area is 172 Å². The molecule has 2 aliphatic heterocycles. The quantitative estimate of drug-likeness (QED) is 0.771. The summed E-state index contributed by atoms with van der Waals surface area (Å²) in [5, 5.41) is 0. The van der Waals surface area contributed by atoms with E-state index < -0.39 is 0 Å². The summed E-state index contributed by atoms with van der Waals surface area (Å²) in [6.45, 7) is 8.18. The Morgan fingerprint density at radius 2 is 1.69 bits per heavy atom. The average Bonchev–Trinajstić information content (AvgIpc) is 2.78. The van der Waals surface area contributed by atoms with Crippen molar-refractivity contribution >= 4 is 17.7 Å². The summed E-state index contributed by atoms with van der Waals surface area (Å²) in [5.41, 5.74) is 2.18. The van der Waals surface area contributed by atoms with E-state index in [0.717, 1.165) is 76.4 Å². The summed E-state index contributed by atoms with van der Waals surface area (Å²) in [6, 6.07) is 12.2. The number of aryl methyl sites for hydroxylation is 2. The van der Waals surface area contributed by atoms with Gasteiger partial charge in [0.2, 0.25) is 11.9 Å². The van der Waals surface area contributed by atoms with Gasteiger partial charge in [-0.1, -0.05) is 30.3 Å². The van der Waals surface area contributed by atoms with Crippen molar-refractivity contribution in [1.82, 2.24) is 14.9 Å². The summed E-state index contributed by atoms with van der Waals surface area (Å²) >= 11 is 0. The highest BCUT2D eigenvalue weighted by molar-refractivity contribution is 5.76. The van der Waals surface area contributed by atoms with E-state index in [4.69, 9.17) is 9.72 Å². The molecule has 154 valence electrons. The summed E-state index contributed by atoms with van der Waals surface area (Å²) in [5.74, 6) is 1.97. The number of hydrogen-bond acceptors (Lipinski definition) is 6. The van der Waals surface area contributed by atoms with Crippen molar-refractivity contribution in [2.75, 3.05) is 62.3 Å². The van der Waals surface area contributed by atoms with Gasteiger partial charge in [0, 0.05) is 57.4 Å². The molecule has 2 aliphatic rings. The third-order valence-electron chi connectivity index (χ3n) is 5.55. The third kappa shape index (κ3) is 5.03. The van der Waals surface area contributed by atoms with Crippen molar-refractivity contribution in [3.63, 3.8) is 0 Å². The van der Waals surface area contributed by atoms with Gasteiger partial charge < -0.3 is 19.4 Å². The lowest BCUT2D eigenvalue weighted by atomic mass is 10.1. The minimum Gasteiger partial charge on any atom is -0.378 e.